The molecule has 0 aromatic carbocycles. The summed E-state index contributed by atoms with van der Waals surface area (Å²) in [6.45, 7) is 6.37. The lowest BCUT2D eigenvalue weighted by Crippen LogP contribution is -2.30. The van der Waals surface area contributed by atoms with Crippen LogP contribution in [0.5, 0.6) is 0 Å². The van der Waals surface area contributed by atoms with Crippen LogP contribution in [0.1, 0.15) is 252 Å². The Balaban J connectivity index is 4.40. The summed E-state index contributed by atoms with van der Waals surface area (Å²) in [5.74, 6) is -0.931. The zero-order valence-corrected chi connectivity index (χ0v) is 44.8. The van der Waals surface area contributed by atoms with Crippen molar-refractivity contribution in [3.8, 4) is 0 Å². The molecule has 6 heteroatoms. The average Bonchev–Trinajstić information content (AvgIpc) is 3.35. The van der Waals surface area contributed by atoms with Crippen LogP contribution >= 0.6 is 0 Å². The number of rotatable bonds is 50. The molecule has 0 bridgehead atoms. The van der Waals surface area contributed by atoms with Gasteiger partial charge >= 0.3 is 17.9 Å². The van der Waals surface area contributed by atoms with E-state index in [0.29, 0.717) is 19.3 Å². The highest BCUT2D eigenvalue weighted by Gasteiger charge is 2.19. The summed E-state index contributed by atoms with van der Waals surface area (Å²) < 4.78 is 16.8. The first kappa shape index (κ1) is 65.1. The molecule has 0 aromatic heterocycles. The fourth-order valence-corrected chi connectivity index (χ4v) is 7.54. The van der Waals surface area contributed by atoms with Gasteiger partial charge in [-0.05, 0) is 122 Å². The molecule has 1 atom stereocenters. The average molecular weight is 958 g/mol. The van der Waals surface area contributed by atoms with Crippen LogP contribution in [0.15, 0.2) is 109 Å². The molecule has 0 saturated carbocycles. The molecule has 0 N–H and O–H groups in total. The molecule has 0 heterocycles. The van der Waals surface area contributed by atoms with Gasteiger partial charge in [-0.25, -0.2) is 0 Å². The highest BCUT2D eigenvalue weighted by molar-refractivity contribution is 5.71. The summed E-state index contributed by atoms with van der Waals surface area (Å²) in [6.07, 6.45) is 76.4. The number of unbranched alkanes of at least 4 members (excludes halogenated alkanes) is 21. The molecular weight excluding hydrogens is 853 g/mol. The number of allylic oxidation sites excluding steroid dienone is 18. The highest BCUT2D eigenvalue weighted by atomic mass is 16.6. The fraction of sp³-hybridized carbons (Fsp3) is 0.667. The molecule has 6 nitrogen and oxygen atoms in total. The van der Waals surface area contributed by atoms with E-state index in [-0.39, 0.29) is 31.1 Å². The van der Waals surface area contributed by atoms with Crippen LogP contribution in [-0.4, -0.2) is 37.2 Å². The maximum Gasteiger partial charge on any atom is 0.306 e. The van der Waals surface area contributed by atoms with Gasteiger partial charge in [-0.3, -0.25) is 14.4 Å². The molecule has 392 valence electrons. The number of carbonyl (C=O) groups excluding carboxylic acids is 3. The zero-order chi connectivity index (χ0) is 50.0. The first-order chi connectivity index (χ1) is 34.0. The Labute approximate surface area is 425 Å². The topological polar surface area (TPSA) is 78.9 Å². The van der Waals surface area contributed by atoms with E-state index in [1.54, 1.807) is 0 Å². The quantitative estimate of drug-likeness (QED) is 0.0262. The van der Waals surface area contributed by atoms with Gasteiger partial charge in [0.2, 0.25) is 0 Å². The van der Waals surface area contributed by atoms with Crippen molar-refractivity contribution < 1.29 is 28.6 Å². The van der Waals surface area contributed by atoms with Crippen LogP contribution in [0.25, 0.3) is 0 Å². The minimum Gasteiger partial charge on any atom is -0.462 e. The van der Waals surface area contributed by atoms with Crippen LogP contribution in [0, 0.1) is 0 Å². The summed E-state index contributed by atoms with van der Waals surface area (Å²) in [4.78, 5) is 38.1. The number of esters is 3. The smallest absolute Gasteiger partial charge is 0.306 e. The number of hydrogen-bond donors (Lipinski definition) is 0. The normalized spacial score (nSPS) is 12.9. The maximum absolute atomic E-state index is 12.8. The first-order valence-electron chi connectivity index (χ1n) is 28.4. The van der Waals surface area contributed by atoms with E-state index in [9.17, 15) is 14.4 Å². The monoisotopic (exact) mass is 957 g/mol. The Kier molecular flexibility index (Phi) is 53.4. The van der Waals surface area contributed by atoms with Gasteiger partial charge in [-0.2, -0.15) is 0 Å². The maximum atomic E-state index is 12.8. The van der Waals surface area contributed by atoms with Gasteiger partial charge in [0, 0.05) is 19.3 Å². The molecule has 69 heavy (non-hydrogen) atoms. The van der Waals surface area contributed by atoms with Crippen molar-refractivity contribution in [1.82, 2.24) is 0 Å². The van der Waals surface area contributed by atoms with Crippen LogP contribution in [0.4, 0.5) is 0 Å². The van der Waals surface area contributed by atoms with E-state index in [0.717, 1.165) is 141 Å². The van der Waals surface area contributed by atoms with Crippen molar-refractivity contribution >= 4 is 17.9 Å². The van der Waals surface area contributed by atoms with Crippen LogP contribution in [0.2, 0.25) is 0 Å². The Bertz CT molecular complexity index is 1420. The molecule has 0 aliphatic rings. The second-order valence-electron chi connectivity index (χ2n) is 18.4. The summed E-state index contributed by atoms with van der Waals surface area (Å²) >= 11 is 0. The van der Waals surface area contributed by atoms with Gasteiger partial charge in [0.05, 0.1) is 0 Å². The van der Waals surface area contributed by atoms with Crippen molar-refractivity contribution in [2.24, 2.45) is 0 Å². The largest absolute Gasteiger partial charge is 0.462 e. The van der Waals surface area contributed by atoms with Crippen molar-refractivity contribution in [2.45, 2.75) is 258 Å². The molecule has 0 saturated heterocycles. The second-order valence-corrected chi connectivity index (χ2v) is 18.4. The van der Waals surface area contributed by atoms with E-state index < -0.39 is 6.10 Å². The third-order valence-corrected chi connectivity index (χ3v) is 11.7. The Morgan fingerprint density at radius 1 is 0.304 bits per heavy atom. The van der Waals surface area contributed by atoms with Crippen molar-refractivity contribution in [3.63, 3.8) is 0 Å². The predicted molar refractivity (Wildman–Crippen MR) is 297 cm³/mol. The van der Waals surface area contributed by atoms with Crippen molar-refractivity contribution in [2.75, 3.05) is 13.2 Å². The van der Waals surface area contributed by atoms with Crippen molar-refractivity contribution in [3.05, 3.63) is 109 Å². The van der Waals surface area contributed by atoms with Crippen LogP contribution in [0.3, 0.4) is 0 Å². The predicted octanol–water partition coefficient (Wildman–Crippen LogP) is 19.1. The summed E-state index contributed by atoms with van der Waals surface area (Å²) in [5, 5.41) is 0. The van der Waals surface area contributed by atoms with Gasteiger partial charge < -0.3 is 14.2 Å². The summed E-state index contributed by atoms with van der Waals surface area (Å²) in [7, 11) is 0. The van der Waals surface area contributed by atoms with E-state index in [1.165, 1.54) is 70.6 Å². The molecule has 0 aliphatic carbocycles. The summed E-state index contributed by atoms with van der Waals surface area (Å²) in [6, 6.07) is 0. The lowest BCUT2D eigenvalue weighted by atomic mass is 10.1. The van der Waals surface area contributed by atoms with E-state index in [1.807, 2.05) is 0 Å². The Hall–Kier alpha value is -3.93. The minimum absolute atomic E-state index is 0.0943. The highest BCUT2D eigenvalue weighted by Crippen LogP contribution is 2.14. The van der Waals surface area contributed by atoms with Gasteiger partial charge in [0.25, 0.3) is 0 Å². The molecular formula is C63H104O6. The third-order valence-electron chi connectivity index (χ3n) is 11.7. The number of ether oxygens (including phenoxy) is 3. The molecule has 0 aromatic rings. The zero-order valence-electron chi connectivity index (χ0n) is 44.8. The molecule has 0 amide bonds. The van der Waals surface area contributed by atoms with Gasteiger partial charge in [-0.15, -0.1) is 0 Å². The Morgan fingerprint density at radius 3 is 0.899 bits per heavy atom. The van der Waals surface area contributed by atoms with Gasteiger partial charge in [0.1, 0.15) is 13.2 Å². The molecule has 0 fully saturated rings. The van der Waals surface area contributed by atoms with Gasteiger partial charge in [0.15, 0.2) is 6.10 Å². The minimum atomic E-state index is -0.797. The third kappa shape index (κ3) is 54.9. The Morgan fingerprint density at radius 2 is 0.565 bits per heavy atom. The fourth-order valence-electron chi connectivity index (χ4n) is 7.54. The van der Waals surface area contributed by atoms with E-state index >= 15 is 0 Å². The molecule has 0 spiro atoms. The molecule has 0 rings (SSSR count). The van der Waals surface area contributed by atoms with Crippen LogP contribution in [-0.2, 0) is 28.6 Å². The molecule has 0 radical (unpaired) electrons. The standard InChI is InChI=1S/C63H104O6/c1-4-7-10-13-16-19-22-25-27-28-29-30-31-32-33-34-36-38-41-44-47-50-53-56-62(65)68-59-60(58-67-61(64)55-52-49-46-43-40-37-24-21-18-15-12-9-6-3)69-63(66)57-54-51-48-45-42-39-35-26-23-20-17-14-11-8-5-2/h7-8,10-11,16-17,19-21,24-27,29-30,32-33,35,60H,4-6,9,12-15,18,22-23,28,31,34,36-59H2,1-3H3/b10-7-,11-8-,19-16-,20-17-,24-21-,27-25-,30-29-,33-32-,35-26-. The van der Waals surface area contributed by atoms with E-state index in [2.05, 4.69) is 130 Å². The van der Waals surface area contributed by atoms with Gasteiger partial charge in [-0.1, -0.05) is 220 Å². The lowest BCUT2D eigenvalue weighted by Gasteiger charge is -2.18. The molecule has 0 aliphatic heterocycles. The number of hydrogen-bond acceptors (Lipinski definition) is 6. The lowest BCUT2D eigenvalue weighted by molar-refractivity contribution is -0.167. The first-order valence-corrected chi connectivity index (χ1v) is 28.4. The molecule has 1 unspecified atom stereocenters. The number of carbonyl (C=O) groups is 3. The van der Waals surface area contributed by atoms with E-state index in [4.69, 9.17) is 14.2 Å². The summed E-state index contributed by atoms with van der Waals surface area (Å²) in [5.41, 5.74) is 0. The second kappa shape index (κ2) is 56.7. The SMILES string of the molecule is CC/C=C\C/C=C\C/C=C\C/C=C\C/C=C\CCCCCCCCCC(=O)OCC(COC(=O)CCCCCCC/C=C\CCCCCC)OC(=O)CCCCCCC/C=C\C/C=C\C/C=C\CC. The van der Waals surface area contributed by atoms with Crippen LogP contribution < -0.4 is 0 Å². The van der Waals surface area contributed by atoms with Crippen molar-refractivity contribution in [1.29, 1.82) is 0 Å².